The van der Waals surface area contributed by atoms with Crippen molar-refractivity contribution >= 4 is 37.4 Å². The second-order valence-corrected chi connectivity index (χ2v) is 6.85. The molecule has 0 atom stereocenters. The van der Waals surface area contributed by atoms with Crippen molar-refractivity contribution in [3.63, 3.8) is 0 Å². The molecule has 1 aromatic rings. The van der Waals surface area contributed by atoms with Crippen LogP contribution in [0.5, 0.6) is 5.75 Å². The molecule has 0 aliphatic rings. The quantitative estimate of drug-likeness (QED) is 0.781. The summed E-state index contributed by atoms with van der Waals surface area (Å²) in [6.07, 6.45) is 1.65. The maximum atomic E-state index is 10.9. The molecule has 16 heavy (non-hydrogen) atoms. The van der Waals surface area contributed by atoms with Gasteiger partial charge in [-0.3, -0.25) is 0 Å². The first-order chi connectivity index (χ1) is 7.38. The molecule has 6 heteroatoms. The van der Waals surface area contributed by atoms with Crippen molar-refractivity contribution < 1.29 is 13.2 Å². The largest absolute Gasteiger partial charge is 0.492 e. The second-order valence-electron chi connectivity index (χ2n) is 3.33. The van der Waals surface area contributed by atoms with E-state index in [1.807, 2.05) is 0 Å². The number of ether oxygens (including phenoxy) is 1. The van der Waals surface area contributed by atoms with Crippen LogP contribution in [0, 0.1) is 6.07 Å². The zero-order chi connectivity index (χ0) is 12.2. The Morgan fingerprint density at radius 1 is 1.56 bits per heavy atom. The molecule has 3 nitrogen and oxygen atoms in total. The summed E-state index contributed by atoms with van der Waals surface area (Å²) in [6.45, 7) is 0.322. The first-order valence-corrected chi connectivity index (χ1v) is 7.79. The number of halogens is 2. The number of hydrogen-bond donors (Lipinski definition) is 0. The average Bonchev–Trinajstić information content (AvgIpc) is 2.13. The molecule has 0 spiro atoms. The molecule has 1 radical (unpaired) electrons. The van der Waals surface area contributed by atoms with Crippen molar-refractivity contribution in [1.29, 1.82) is 0 Å². The van der Waals surface area contributed by atoms with Gasteiger partial charge in [-0.1, -0.05) is 27.5 Å². The van der Waals surface area contributed by atoms with Gasteiger partial charge in [-0.15, -0.1) is 0 Å². The van der Waals surface area contributed by atoms with E-state index in [4.69, 9.17) is 16.3 Å². The summed E-state index contributed by atoms with van der Waals surface area (Å²) in [5.74, 6) is 0.628. The van der Waals surface area contributed by atoms with Crippen molar-refractivity contribution in [2.45, 2.75) is 6.42 Å². The van der Waals surface area contributed by atoms with Crippen LogP contribution in [0.4, 0.5) is 0 Å². The highest BCUT2D eigenvalue weighted by Gasteiger charge is 2.04. The summed E-state index contributed by atoms with van der Waals surface area (Å²) in [6, 6.07) is 6.18. The second kappa shape index (κ2) is 5.89. The van der Waals surface area contributed by atoms with Gasteiger partial charge < -0.3 is 4.74 Å². The van der Waals surface area contributed by atoms with Gasteiger partial charge in [0.05, 0.1) is 17.4 Å². The number of hydrogen-bond acceptors (Lipinski definition) is 3. The number of sulfone groups is 1. The van der Waals surface area contributed by atoms with Crippen LogP contribution in [0.3, 0.4) is 0 Å². The third-order valence-corrected chi connectivity index (χ3v) is 3.53. The van der Waals surface area contributed by atoms with E-state index in [0.29, 0.717) is 23.8 Å². The molecule has 0 N–H and O–H groups in total. The molecule has 0 heterocycles. The lowest BCUT2D eigenvalue weighted by Crippen LogP contribution is -2.08. The Morgan fingerprint density at radius 2 is 2.25 bits per heavy atom. The number of rotatable bonds is 5. The Hall–Kier alpha value is -0.260. The standard InChI is InChI=1S/C10H11BrClO3S/c1-16(13,14)6-2-5-15-10-4-3-8(11)7-9(10)12/h4,7H,2,5-6H2,1H3. The van der Waals surface area contributed by atoms with Gasteiger partial charge in [-0.05, 0) is 18.6 Å². The SMILES string of the molecule is CS(=O)(=O)CCCOc1c[c]c(Br)cc1Cl. The van der Waals surface area contributed by atoms with E-state index in [-0.39, 0.29) is 5.75 Å². The first-order valence-electron chi connectivity index (χ1n) is 4.56. The van der Waals surface area contributed by atoms with Crippen molar-refractivity contribution in [3.05, 3.63) is 27.7 Å². The fourth-order valence-electron chi connectivity index (χ4n) is 1.04. The van der Waals surface area contributed by atoms with Crippen LogP contribution in [-0.4, -0.2) is 27.0 Å². The fourth-order valence-corrected chi connectivity index (χ4v) is 2.38. The molecule has 0 aliphatic heterocycles. The zero-order valence-electron chi connectivity index (χ0n) is 8.66. The average molecular weight is 327 g/mol. The molecule has 89 valence electrons. The van der Waals surface area contributed by atoms with E-state index in [1.54, 1.807) is 12.1 Å². The Bertz CT molecular complexity index is 459. The minimum atomic E-state index is -2.92. The molecule has 0 saturated heterocycles. The van der Waals surface area contributed by atoms with Gasteiger partial charge in [0.2, 0.25) is 0 Å². The summed E-state index contributed by atoms with van der Waals surface area (Å²) in [5, 5.41) is 0.477. The van der Waals surface area contributed by atoms with Crippen molar-refractivity contribution in [3.8, 4) is 5.75 Å². The van der Waals surface area contributed by atoms with Crippen LogP contribution >= 0.6 is 27.5 Å². The Morgan fingerprint density at radius 3 is 2.81 bits per heavy atom. The molecular formula is C10H11BrClO3S. The highest BCUT2D eigenvalue weighted by molar-refractivity contribution is 9.10. The van der Waals surface area contributed by atoms with E-state index < -0.39 is 9.84 Å². The van der Waals surface area contributed by atoms with Crippen molar-refractivity contribution in [2.24, 2.45) is 0 Å². The Kier molecular flexibility index (Phi) is 5.08. The van der Waals surface area contributed by atoms with Crippen molar-refractivity contribution in [2.75, 3.05) is 18.6 Å². The fraction of sp³-hybridized carbons (Fsp3) is 0.400. The van der Waals surface area contributed by atoms with E-state index in [2.05, 4.69) is 22.0 Å². The monoisotopic (exact) mass is 325 g/mol. The highest BCUT2D eigenvalue weighted by Crippen LogP contribution is 2.27. The first kappa shape index (κ1) is 13.8. The van der Waals surface area contributed by atoms with Gasteiger partial charge in [0.1, 0.15) is 15.6 Å². The third kappa shape index (κ3) is 5.18. The lowest BCUT2D eigenvalue weighted by atomic mass is 10.3. The van der Waals surface area contributed by atoms with Crippen LogP contribution in [0.1, 0.15) is 6.42 Å². The smallest absolute Gasteiger partial charge is 0.147 e. The van der Waals surface area contributed by atoms with E-state index >= 15 is 0 Å². The van der Waals surface area contributed by atoms with Crippen LogP contribution in [0.15, 0.2) is 16.6 Å². The van der Waals surface area contributed by atoms with Crippen LogP contribution in [0.2, 0.25) is 5.02 Å². The predicted molar refractivity (Wildman–Crippen MR) is 67.8 cm³/mol. The molecule has 1 rings (SSSR count). The zero-order valence-corrected chi connectivity index (χ0v) is 11.8. The lowest BCUT2D eigenvalue weighted by molar-refractivity contribution is 0.318. The molecule has 0 aliphatic carbocycles. The molecule has 0 saturated carbocycles. The topological polar surface area (TPSA) is 43.4 Å². The predicted octanol–water partition coefficient (Wildman–Crippen LogP) is 2.72. The molecule has 0 bridgehead atoms. The van der Waals surface area contributed by atoms with Crippen LogP contribution < -0.4 is 4.74 Å². The molecule has 0 aromatic heterocycles. The number of benzene rings is 1. The molecule has 0 amide bonds. The summed E-state index contributed by atoms with van der Waals surface area (Å²) >= 11 is 9.13. The molecule has 0 fully saturated rings. The van der Waals surface area contributed by atoms with Crippen molar-refractivity contribution in [1.82, 2.24) is 0 Å². The summed E-state index contributed by atoms with van der Waals surface area (Å²) in [4.78, 5) is 0. The summed E-state index contributed by atoms with van der Waals surface area (Å²) < 4.78 is 27.8. The van der Waals surface area contributed by atoms with E-state index in [9.17, 15) is 8.42 Å². The van der Waals surface area contributed by atoms with Gasteiger partial charge in [0.25, 0.3) is 0 Å². The Labute approximate surface area is 109 Å². The molecule has 0 unspecified atom stereocenters. The maximum Gasteiger partial charge on any atom is 0.147 e. The molecule has 1 aromatic carbocycles. The molecular weight excluding hydrogens is 316 g/mol. The van der Waals surface area contributed by atoms with Gasteiger partial charge in [-0.2, -0.15) is 0 Å². The van der Waals surface area contributed by atoms with E-state index in [1.165, 1.54) is 6.26 Å². The van der Waals surface area contributed by atoms with Gasteiger partial charge >= 0.3 is 0 Å². The normalized spacial score (nSPS) is 11.4. The van der Waals surface area contributed by atoms with Gasteiger partial charge in [-0.25, -0.2) is 8.42 Å². The van der Waals surface area contributed by atoms with Gasteiger partial charge in [0.15, 0.2) is 0 Å². The summed E-state index contributed by atoms with van der Waals surface area (Å²) in [5.41, 5.74) is 0. The van der Waals surface area contributed by atoms with Crippen LogP contribution in [0.25, 0.3) is 0 Å². The minimum absolute atomic E-state index is 0.116. The minimum Gasteiger partial charge on any atom is -0.492 e. The van der Waals surface area contributed by atoms with E-state index in [0.717, 1.165) is 4.47 Å². The highest BCUT2D eigenvalue weighted by atomic mass is 79.9. The Balaban J connectivity index is 2.43. The summed E-state index contributed by atoms with van der Waals surface area (Å²) in [7, 11) is -2.92. The van der Waals surface area contributed by atoms with Crippen LogP contribution in [-0.2, 0) is 9.84 Å². The maximum absolute atomic E-state index is 10.9. The third-order valence-electron chi connectivity index (χ3n) is 1.75. The lowest BCUT2D eigenvalue weighted by Gasteiger charge is -2.07. The van der Waals surface area contributed by atoms with Gasteiger partial charge in [0, 0.05) is 16.8 Å².